The molecule has 26 heavy (non-hydrogen) atoms. The summed E-state index contributed by atoms with van der Waals surface area (Å²) < 4.78 is 5.10. The first-order valence-corrected chi connectivity index (χ1v) is 9.18. The number of carbonyl (C=O) groups is 3. The first-order chi connectivity index (χ1) is 12.5. The Morgan fingerprint density at radius 1 is 1.04 bits per heavy atom. The summed E-state index contributed by atoms with van der Waals surface area (Å²) in [5.74, 6) is -1.36. The number of rotatable bonds is 8. The molecule has 0 fully saturated rings. The molecule has 2 rings (SSSR count). The van der Waals surface area contributed by atoms with E-state index >= 15 is 0 Å². The van der Waals surface area contributed by atoms with Crippen molar-refractivity contribution in [2.45, 2.75) is 32.4 Å². The molecule has 0 saturated carbocycles. The third-order valence-corrected chi connectivity index (χ3v) is 4.28. The Labute approximate surface area is 156 Å². The van der Waals surface area contributed by atoms with Gasteiger partial charge in [0.15, 0.2) is 6.61 Å². The lowest BCUT2D eigenvalue weighted by Gasteiger charge is -2.18. The average molecular weight is 374 g/mol. The highest BCUT2D eigenvalue weighted by atomic mass is 32.1. The van der Waals surface area contributed by atoms with E-state index in [1.54, 1.807) is 17.5 Å². The summed E-state index contributed by atoms with van der Waals surface area (Å²) in [7, 11) is 0. The summed E-state index contributed by atoms with van der Waals surface area (Å²) >= 11 is 1.29. The van der Waals surface area contributed by atoms with E-state index in [0.29, 0.717) is 4.88 Å². The lowest BCUT2D eigenvalue weighted by molar-refractivity contribution is -0.150. The quantitative estimate of drug-likeness (QED) is 0.694. The van der Waals surface area contributed by atoms with Crippen molar-refractivity contribution in [1.82, 2.24) is 10.6 Å². The summed E-state index contributed by atoms with van der Waals surface area (Å²) in [6.07, 6.45) is 0.280. The summed E-state index contributed by atoms with van der Waals surface area (Å²) in [5, 5.41) is 7.13. The molecule has 1 aromatic heterocycles. The Balaban J connectivity index is 2.02. The van der Waals surface area contributed by atoms with Crippen LogP contribution in [-0.4, -0.2) is 36.5 Å². The maximum Gasteiger partial charge on any atom is 0.329 e. The second kappa shape index (κ2) is 9.72. The van der Waals surface area contributed by atoms with Gasteiger partial charge in [-0.25, -0.2) is 4.79 Å². The van der Waals surface area contributed by atoms with Crippen molar-refractivity contribution in [2.75, 3.05) is 6.61 Å². The van der Waals surface area contributed by atoms with Gasteiger partial charge in [-0.1, -0.05) is 36.4 Å². The van der Waals surface area contributed by atoms with E-state index in [0.717, 1.165) is 5.56 Å². The molecule has 138 valence electrons. The Hall–Kier alpha value is -2.67. The molecule has 7 heteroatoms. The van der Waals surface area contributed by atoms with Crippen LogP contribution in [0.2, 0.25) is 0 Å². The fourth-order valence-corrected chi connectivity index (χ4v) is 2.91. The number of hydrogen-bond donors (Lipinski definition) is 2. The highest BCUT2D eigenvalue weighted by molar-refractivity contribution is 7.12. The molecule has 1 aromatic carbocycles. The van der Waals surface area contributed by atoms with Crippen LogP contribution in [0.4, 0.5) is 0 Å². The molecule has 2 amide bonds. The Bertz CT molecular complexity index is 729. The number of carbonyl (C=O) groups excluding carboxylic acids is 3. The van der Waals surface area contributed by atoms with Gasteiger partial charge in [-0.15, -0.1) is 11.3 Å². The van der Waals surface area contributed by atoms with Gasteiger partial charge in [-0.3, -0.25) is 9.59 Å². The highest BCUT2D eigenvalue weighted by Crippen LogP contribution is 2.10. The normalized spacial score (nSPS) is 11.7. The van der Waals surface area contributed by atoms with Gasteiger partial charge < -0.3 is 15.4 Å². The molecule has 0 aliphatic heterocycles. The molecule has 0 radical (unpaired) electrons. The van der Waals surface area contributed by atoms with Gasteiger partial charge in [-0.2, -0.15) is 0 Å². The molecule has 2 aromatic rings. The number of ether oxygens (including phenoxy) is 1. The largest absolute Gasteiger partial charge is 0.454 e. The lowest BCUT2D eigenvalue weighted by Crippen LogP contribution is -2.44. The third kappa shape index (κ3) is 6.33. The molecule has 1 atom stereocenters. The Morgan fingerprint density at radius 3 is 2.38 bits per heavy atom. The van der Waals surface area contributed by atoms with Gasteiger partial charge in [-0.05, 0) is 30.9 Å². The summed E-state index contributed by atoms with van der Waals surface area (Å²) in [4.78, 5) is 36.9. The van der Waals surface area contributed by atoms with E-state index in [4.69, 9.17) is 4.74 Å². The minimum Gasteiger partial charge on any atom is -0.454 e. The number of esters is 1. The molecular weight excluding hydrogens is 352 g/mol. The molecule has 0 bridgehead atoms. The molecular formula is C19H22N2O4S. The molecule has 1 heterocycles. The summed E-state index contributed by atoms with van der Waals surface area (Å²) in [6.45, 7) is 3.26. The minimum atomic E-state index is -0.876. The number of amides is 2. The van der Waals surface area contributed by atoms with Crippen LogP contribution in [0.1, 0.15) is 29.1 Å². The van der Waals surface area contributed by atoms with E-state index in [2.05, 4.69) is 10.6 Å². The second-order valence-corrected chi connectivity index (χ2v) is 6.97. The first kappa shape index (κ1) is 19.7. The van der Waals surface area contributed by atoms with Gasteiger partial charge in [0, 0.05) is 12.5 Å². The molecule has 0 aliphatic rings. The smallest absolute Gasteiger partial charge is 0.329 e. The van der Waals surface area contributed by atoms with Crippen LogP contribution in [0.25, 0.3) is 0 Å². The monoisotopic (exact) mass is 374 g/mol. The fraction of sp³-hybridized carbons (Fsp3) is 0.316. The van der Waals surface area contributed by atoms with Crippen LogP contribution in [0, 0.1) is 0 Å². The number of benzene rings is 1. The fourth-order valence-electron chi connectivity index (χ4n) is 2.28. The van der Waals surface area contributed by atoms with Gasteiger partial charge >= 0.3 is 5.97 Å². The molecule has 0 saturated heterocycles. The van der Waals surface area contributed by atoms with Crippen LogP contribution in [0.3, 0.4) is 0 Å². The number of nitrogens with one attached hydrogen (secondary N) is 2. The zero-order chi connectivity index (χ0) is 18.9. The zero-order valence-electron chi connectivity index (χ0n) is 14.7. The van der Waals surface area contributed by atoms with Gasteiger partial charge in [0.2, 0.25) is 0 Å². The Kier molecular flexibility index (Phi) is 7.35. The standard InChI is InChI=1S/C19H22N2O4S/c1-13(2)20-17(22)12-25-19(24)15(11-14-7-4-3-5-8-14)21-18(23)16-9-6-10-26-16/h3-10,13,15H,11-12H2,1-2H3,(H,20,22)(H,21,23)/t15-/m0/s1. The highest BCUT2D eigenvalue weighted by Gasteiger charge is 2.24. The molecule has 0 aliphatic carbocycles. The third-order valence-electron chi connectivity index (χ3n) is 3.41. The summed E-state index contributed by atoms with van der Waals surface area (Å²) in [6, 6.07) is 11.8. The van der Waals surface area contributed by atoms with Crippen molar-refractivity contribution < 1.29 is 19.1 Å². The van der Waals surface area contributed by atoms with Crippen molar-refractivity contribution in [2.24, 2.45) is 0 Å². The van der Waals surface area contributed by atoms with Crippen molar-refractivity contribution in [1.29, 1.82) is 0 Å². The van der Waals surface area contributed by atoms with Crippen LogP contribution in [0.15, 0.2) is 47.8 Å². The van der Waals surface area contributed by atoms with E-state index in [1.165, 1.54) is 11.3 Å². The second-order valence-electron chi connectivity index (χ2n) is 6.02. The predicted molar refractivity (Wildman–Crippen MR) is 100.0 cm³/mol. The van der Waals surface area contributed by atoms with Crippen LogP contribution >= 0.6 is 11.3 Å². The van der Waals surface area contributed by atoms with Crippen molar-refractivity contribution in [3.63, 3.8) is 0 Å². The minimum absolute atomic E-state index is 0.0418. The SMILES string of the molecule is CC(C)NC(=O)COC(=O)[C@H](Cc1ccccc1)NC(=O)c1cccs1. The van der Waals surface area contributed by atoms with Crippen LogP contribution in [0.5, 0.6) is 0 Å². The van der Waals surface area contributed by atoms with E-state index in [1.807, 2.05) is 44.2 Å². The van der Waals surface area contributed by atoms with E-state index < -0.39 is 12.0 Å². The van der Waals surface area contributed by atoms with Crippen LogP contribution < -0.4 is 10.6 Å². The molecule has 0 spiro atoms. The zero-order valence-corrected chi connectivity index (χ0v) is 15.5. The molecule has 0 unspecified atom stereocenters. The summed E-state index contributed by atoms with van der Waals surface area (Å²) in [5.41, 5.74) is 0.882. The first-order valence-electron chi connectivity index (χ1n) is 8.30. The van der Waals surface area contributed by atoms with E-state index in [9.17, 15) is 14.4 Å². The Morgan fingerprint density at radius 2 is 1.77 bits per heavy atom. The van der Waals surface area contributed by atoms with Crippen molar-refractivity contribution >= 4 is 29.1 Å². The molecule has 2 N–H and O–H groups in total. The maximum atomic E-state index is 12.4. The average Bonchev–Trinajstić information content (AvgIpc) is 3.14. The maximum absolute atomic E-state index is 12.4. The van der Waals surface area contributed by atoms with Crippen molar-refractivity contribution in [3.05, 3.63) is 58.3 Å². The van der Waals surface area contributed by atoms with Crippen molar-refractivity contribution in [3.8, 4) is 0 Å². The number of hydrogen-bond acceptors (Lipinski definition) is 5. The van der Waals surface area contributed by atoms with Crippen LogP contribution in [-0.2, 0) is 20.7 Å². The van der Waals surface area contributed by atoms with Gasteiger partial charge in [0.05, 0.1) is 4.88 Å². The lowest BCUT2D eigenvalue weighted by atomic mass is 10.1. The topological polar surface area (TPSA) is 84.5 Å². The van der Waals surface area contributed by atoms with E-state index in [-0.39, 0.29) is 30.9 Å². The van der Waals surface area contributed by atoms with Gasteiger partial charge in [0.25, 0.3) is 11.8 Å². The number of thiophene rings is 1. The van der Waals surface area contributed by atoms with Gasteiger partial charge in [0.1, 0.15) is 6.04 Å². The predicted octanol–water partition coefficient (Wildman–Crippen LogP) is 2.16. The molecule has 6 nitrogen and oxygen atoms in total.